The zero-order valence-corrected chi connectivity index (χ0v) is 14.7. The van der Waals surface area contributed by atoms with Gasteiger partial charge < -0.3 is 15.0 Å². The van der Waals surface area contributed by atoms with Crippen molar-refractivity contribution >= 4 is 11.7 Å². The fourth-order valence-corrected chi connectivity index (χ4v) is 2.92. The van der Waals surface area contributed by atoms with Gasteiger partial charge in [0, 0.05) is 44.5 Å². The van der Waals surface area contributed by atoms with Gasteiger partial charge in [-0.15, -0.1) is 0 Å². The summed E-state index contributed by atoms with van der Waals surface area (Å²) in [6, 6.07) is 13.6. The third-order valence-corrected chi connectivity index (χ3v) is 4.30. The Labute approximate surface area is 148 Å². The summed E-state index contributed by atoms with van der Waals surface area (Å²) < 4.78 is 5.17. The Hall–Kier alpha value is -2.60. The van der Waals surface area contributed by atoms with Crippen molar-refractivity contribution in [1.29, 1.82) is 0 Å². The largest absolute Gasteiger partial charge is 0.481 e. The maximum absolute atomic E-state index is 12.4. The Morgan fingerprint density at radius 3 is 2.64 bits per heavy atom. The second-order valence-electron chi connectivity index (χ2n) is 6.23. The fourth-order valence-electron chi connectivity index (χ4n) is 2.92. The molecule has 0 atom stereocenters. The molecule has 2 heterocycles. The number of anilines is 1. The molecule has 2 aromatic rings. The topological polar surface area (TPSA) is 57.7 Å². The number of nitrogens with one attached hydrogen (secondary N) is 1. The number of piperazine rings is 1. The average Bonchev–Trinajstić information content (AvgIpc) is 2.62. The molecule has 1 saturated heterocycles. The highest BCUT2D eigenvalue weighted by Gasteiger charge is 2.21. The van der Waals surface area contributed by atoms with Gasteiger partial charge >= 0.3 is 6.03 Å². The van der Waals surface area contributed by atoms with Crippen molar-refractivity contribution in [3.05, 3.63) is 53.7 Å². The number of carbonyl (C=O) groups excluding carboxylic acids is 1. The van der Waals surface area contributed by atoms with E-state index in [2.05, 4.69) is 15.2 Å². The molecule has 0 aliphatic carbocycles. The summed E-state index contributed by atoms with van der Waals surface area (Å²) in [6.45, 7) is 5.87. The van der Waals surface area contributed by atoms with Crippen LogP contribution in [0.15, 0.2) is 42.5 Å². The number of ether oxygens (including phenoxy) is 1. The first-order valence-electron chi connectivity index (χ1n) is 8.49. The van der Waals surface area contributed by atoms with Crippen molar-refractivity contribution < 1.29 is 9.53 Å². The standard InChI is InChI=1S/C19H24N4O2/c1-15-5-3-6-16(13-15)21-19(24)23-11-9-22(10-12-23)14-17-7-4-8-18(20-17)25-2/h3-8,13H,9-12,14H2,1-2H3,(H,21,24). The number of urea groups is 1. The van der Waals surface area contributed by atoms with Gasteiger partial charge in [0.05, 0.1) is 12.8 Å². The second kappa shape index (κ2) is 7.98. The van der Waals surface area contributed by atoms with E-state index in [-0.39, 0.29) is 6.03 Å². The monoisotopic (exact) mass is 340 g/mol. The van der Waals surface area contributed by atoms with E-state index in [0.717, 1.165) is 36.6 Å². The highest BCUT2D eigenvalue weighted by atomic mass is 16.5. The van der Waals surface area contributed by atoms with E-state index in [1.54, 1.807) is 7.11 Å². The number of hydrogen-bond donors (Lipinski definition) is 1. The summed E-state index contributed by atoms with van der Waals surface area (Å²) in [7, 11) is 1.62. The number of benzene rings is 1. The van der Waals surface area contributed by atoms with Crippen molar-refractivity contribution in [2.45, 2.75) is 13.5 Å². The molecular formula is C19H24N4O2. The zero-order valence-electron chi connectivity index (χ0n) is 14.7. The molecule has 1 aliphatic rings. The van der Waals surface area contributed by atoms with E-state index in [1.807, 2.05) is 54.3 Å². The molecular weight excluding hydrogens is 316 g/mol. The number of nitrogens with zero attached hydrogens (tertiary/aromatic N) is 3. The lowest BCUT2D eigenvalue weighted by atomic mass is 10.2. The highest BCUT2D eigenvalue weighted by Crippen LogP contribution is 2.13. The molecule has 0 unspecified atom stereocenters. The first-order chi connectivity index (χ1) is 12.1. The predicted octanol–water partition coefficient (Wildman–Crippen LogP) is 2.75. The Morgan fingerprint density at radius 1 is 1.16 bits per heavy atom. The molecule has 1 aliphatic heterocycles. The molecule has 6 nitrogen and oxygen atoms in total. The normalized spacial score (nSPS) is 15.0. The Morgan fingerprint density at radius 2 is 1.92 bits per heavy atom. The second-order valence-corrected chi connectivity index (χ2v) is 6.23. The maximum Gasteiger partial charge on any atom is 0.321 e. The number of carbonyl (C=O) groups is 1. The number of hydrogen-bond acceptors (Lipinski definition) is 4. The Balaban J connectivity index is 1.50. The smallest absolute Gasteiger partial charge is 0.321 e. The van der Waals surface area contributed by atoms with Gasteiger partial charge in [0.15, 0.2) is 0 Å². The van der Waals surface area contributed by atoms with Gasteiger partial charge in [-0.3, -0.25) is 4.90 Å². The molecule has 1 aromatic heterocycles. The molecule has 1 fully saturated rings. The van der Waals surface area contributed by atoms with Crippen LogP contribution >= 0.6 is 0 Å². The van der Waals surface area contributed by atoms with Crippen LogP contribution in [0.1, 0.15) is 11.3 Å². The lowest BCUT2D eigenvalue weighted by molar-refractivity contribution is 0.142. The number of amides is 2. The lowest BCUT2D eigenvalue weighted by Gasteiger charge is -2.34. The van der Waals surface area contributed by atoms with Crippen LogP contribution in [0.5, 0.6) is 5.88 Å². The minimum atomic E-state index is -0.0373. The summed E-state index contributed by atoms with van der Waals surface area (Å²) in [5, 5.41) is 2.97. The Bertz CT molecular complexity index is 727. The zero-order chi connectivity index (χ0) is 17.6. The molecule has 0 bridgehead atoms. The van der Waals surface area contributed by atoms with Crippen LogP contribution in [0.4, 0.5) is 10.5 Å². The number of aromatic nitrogens is 1. The van der Waals surface area contributed by atoms with E-state index < -0.39 is 0 Å². The van der Waals surface area contributed by atoms with Gasteiger partial charge in [-0.1, -0.05) is 18.2 Å². The van der Waals surface area contributed by atoms with Gasteiger partial charge in [-0.2, -0.15) is 0 Å². The third-order valence-electron chi connectivity index (χ3n) is 4.30. The molecule has 1 aromatic carbocycles. The van der Waals surface area contributed by atoms with Crippen LogP contribution in [-0.4, -0.2) is 54.1 Å². The molecule has 1 N–H and O–H groups in total. The van der Waals surface area contributed by atoms with Gasteiger partial charge in [-0.05, 0) is 30.7 Å². The van der Waals surface area contributed by atoms with Crippen LogP contribution in [0.3, 0.4) is 0 Å². The molecule has 2 amide bonds. The molecule has 132 valence electrons. The van der Waals surface area contributed by atoms with Crippen molar-refractivity contribution in [3.8, 4) is 5.88 Å². The number of pyridine rings is 1. The van der Waals surface area contributed by atoms with E-state index in [9.17, 15) is 4.79 Å². The molecule has 25 heavy (non-hydrogen) atoms. The number of methoxy groups -OCH3 is 1. The summed E-state index contributed by atoms with van der Waals surface area (Å²) in [5.41, 5.74) is 2.96. The van der Waals surface area contributed by atoms with Crippen LogP contribution in [0, 0.1) is 6.92 Å². The third kappa shape index (κ3) is 4.70. The van der Waals surface area contributed by atoms with E-state index in [1.165, 1.54) is 0 Å². The highest BCUT2D eigenvalue weighted by molar-refractivity contribution is 5.89. The first kappa shape index (κ1) is 17.2. The van der Waals surface area contributed by atoms with Crippen LogP contribution in [0.2, 0.25) is 0 Å². The summed E-state index contributed by atoms with van der Waals surface area (Å²) in [6.07, 6.45) is 0. The Kier molecular flexibility index (Phi) is 5.50. The van der Waals surface area contributed by atoms with Gasteiger partial charge in [-0.25, -0.2) is 9.78 Å². The SMILES string of the molecule is COc1cccc(CN2CCN(C(=O)Nc3cccc(C)c3)CC2)n1. The first-order valence-corrected chi connectivity index (χ1v) is 8.49. The van der Waals surface area contributed by atoms with Gasteiger partial charge in [0.1, 0.15) is 0 Å². The average molecular weight is 340 g/mol. The van der Waals surface area contributed by atoms with Crippen molar-refractivity contribution in [2.75, 3.05) is 38.6 Å². The van der Waals surface area contributed by atoms with E-state index in [0.29, 0.717) is 19.0 Å². The van der Waals surface area contributed by atoms with E-state index >= 15 is 0 Å². The van der Waals surface area contributed by atoms with Crippen LogP contribution in [-0.2, 0) is 6.54 Å². The quantitative estimate of drug-likeness (QED) is 0.930. The fraction of sp³-hybridized carbons (Fsp3) is 0.368. The van der Waals surface area contributed by atoms with Crippen molar-refractivity contribution in [2.24, 2.45) is 0 Å². The molecule has 6 heteroatoms. The minimum Gasteiger partial charge on any atom is -0.481 e. The van der Waals surface area contributed by atoms with Crippen molar-refractivity contribution in [3.63, 3.8) is 0 Å². The van der Waals surface area contributed by atoms with Crippen molar-refractivity contribution in [1.82, 2.24) is 14.8 Å². The number of rotatable bonds is 4. The predicted molar refractivity (Wildman–Crippen MR) is 97.8 cm³/mol. The molecule has 0 saturated carbocycles. The van der Waals surface area contributed by atoms with E-state index in [4.69, 9.17) is 4.74 Å². The molecule has 0 radical (unpaired) electrons. The molecule has 0 spiro atoms. The lowest BCUT2D eigenvalue weighted by Crippen LogP contribution is -2.49. The van der Waals surface area contributed by atoms with Crippen LogP contribution in [0.25, 0.3) is 0 Å². The van der Waals surface area contributed by atoms with Gasteiger partial charge in [0.25, 0.3) is 0 Å². The molecule has 3 rings (SSSR count). The van der Waals surface area contributed by atoms with Gasteiger partial charge in [0.2, 0.25) is 5.88 Å². The minimum absolute atomic E-state index is 0.0373. The van der Waals surface area contributed by atoms with Crippen LogP contribution < -0.4 is 10.1 Å². The summed E-state index contributed by atoms with van der Waals surface area (Å²) in [4.78, 5) is 21.0. The summed E-state index contributed by atoms with van der Waals surface area (Å²) in [5.74, 6) is 0.633. The number of aryl methyl sites for hydroxylation is 1. The summed E-state index contributed by atoms with van der Waals surface area (Å²) >= 11 is 0. The maximum atomic E-state index is 12.4.